The van der Waals surface area contributed by atoms with Crippen molar-refractivity contribution in [2.75, 3.05) is 18.0 Å². The van der Waals surface area contributed by atoms with Crippen molar-refractivity contribution < 1.29 is 4.79 Å². The first kappa shape index (κ1) is 9.25. The summed E-state index contributed by atoms with van der Waals surface area (Å²) in [4.78, 5) is 13.2. The first-order valence-corrected chi connectivity index (χ1v) is 5.19. The van der Waals surface area contributed by atoms with Crippen LogP contribution in [0.5, 0.6) is 0 Å². The summed E-state index contributed by atoms with van der Waals surface area (Å²) in [5.41, 5.74) is 3.33. The van der Waals surface area contributed by atoms with E-state index in [9.17, 15) is 4.79 Å². The molecule has 0 amide bonds. The number of nitrogens with zero attached hydrogens (tertiary/aromatic N) is 1. The van der Waals surface area contributed by atoms with Gasteiger partial charge in [0.05, 0.1) is 5.69 Å². The monoisotopic (exact) mass is 189 g/mol. The molecule has 2 rings (SSSR count). The van der Waals surface area contributed by atoms with Crippen LogP contribution >= 0.6 is 0 Å². The van der Waals surface area contributed by atoms with Crippen LogP contribution in [0.25, 0.3) is 0 Å². The van der Waals surface area contributed by atoms with Gasteiger partial charge in [0.15, 0.2) is 6.29 Å². The van der Waals surface area contributed by atoms with Crippen molar-refractivity contribution in [2.45, 2.75) is 19.8 Å². The van der Waals surface area contributed by atoms with Gasteiger partial charge in [-0.15, -0.1) is 0 Å². The quantitative estimate of drug-likeness (QED) is 0.680. The van der Waals surface area contributed by atoms with Gasteiger partial charge in [-0.3, -0.25) is 4.79 Å². The molecule has 1 heterocycles. The zero-order chi connectivity index (χ0) is 9.97. The molecule has 1 aliphatic heterocycles. The highest BCUT2D eigenvalue weighted by Gasteiger charge is 2.20. The molecular formula is C12H15NO. The van der Waals surface area contributed by atoms with Crippen molar-refractivity contribution >= 4 is 12.0 Å². The van der Waals surface area contributed by atoms with Crippen LogP contribution in [0.15, 0.2) is 18.2 Å². The number of fused-ring (bicyclic) bond motifs is 1. The Bertz CT molecular complexity index is 344. The van der Waals surface area contributed by atoms with E-state index in [-0.39, 0.29) is 0 Å². The molecule has 2 heteroatoms. The zero-order valence-corrected chi connectivity index (χ0v) is 8.49. The smallest absolute Gasteiger partial charge is 0.152 e. The second kappa shape index (κ2) is 3.82. The number of hydrogen-bond donors (Lipinski definition) is 0. The van der Waals surface area contributed by atoms with Gasteiger partial charge in [0, 0.05) is 18.7 Å². The molecular weight excluding hydrogens is 174 g/mol. The lowest BCUT2D eigenvalue weighted by Crippen LogP contribution is -2.22. The predicted molar refractivity (Wildman–Crippen MR) is 58.0 cm³/mol. The van der Waals surface area contributed by atoms with Crippen molar-refractivity contribution in [1.29, 1.82) is 0 Å². The van der Waals surface area contributed by atoms with Crippen molar-refractivity contribution in [1.82, 2.24) is 0 Å². The number of hydrogen-bond acceptors (Lipinski definition) is 2. The lowest BCUT2D eigenvalue weighted by atomic mass is 10.1. The van der Waals surface area contributed by atoms with E-state index < -0.39 is 0 Å². The Kier molecular flexibility index (Phi) is 2.53. The summed E-state index contributed by atoms with van der Waals surface area (Å²) in [5.74, 6) is 0. The highest BCUT2D eigenvalue weighted by atomic mass is 16.1. The average Bonchev–Trinajstić information content (AvgIpc) is 2.62. The van der Waals surface area contributed by atoms with Gasteiger partial charge in [-0.05, 0) is 24.5 Å². The minimum Gasteiger partial charge on any atom is -0.370 e. The van der Waals surface area contributed by atoms with Crippen molar-refractivity contribution in [2.24, 2.45) is 0 Å². The molecule has 14 heavy (non-hydrogen) atoms. The maximum atomic E-state index is 10.9. The molecule has 0 radical (unpaired) electrons. The van der Waals surface area contributed by atoms with Crippen LogP contribution < -0.4 is 4.90 Å². The molecule has 0 unspecified atom stereocenters. The second-order valence-electron chi connectivity index (χ2n) is 3.71. The van der Waals surface area contributed by atoms with Gasteiger partial charge in [0.25, 0.3) is 0 Å². The molecule has 0 aromatic heterocycles. The molecule has 0 aliphatic carbocycles. The van der Waals surface area contributed by atoms with E-state index in [4.69, 9.17) is 0 Å². The number of benzene rings is 1. The van der Waals surface area contributed by atoms with Gasteiger partial charge in [0.1, 0.15) is 0 Å². The average molecular weight is 189 g/mol. The molecule has 0 spiro atoms. The molecule has 1 aromatic carbocycles. The SMILES string of the molecule is CCCN1CCc2cccc(C=O)c21. The second-order valence-corrected chi connectivity index (χ2v) is 3.71. The van der Waals surface area contributed by atoms with Crippen molar-refractivity contribution in [3.8, 4) is 0 Å². The molecule has 0 N–H and O–H groups in total. The molecule has 1 aromatic rings. The van der Waals surface area contributed by atoms with Crippen LogP contribution in [0.3, 0.4) is 0 Å². The summed E-state index contributed by atoms with van der Waals surface area (Å²) in [7, 11) is 0. The summed E-state index contributed by atoms with van der Waals surface area (Å²) < 4.78 is 0. The van der Waals surface area contributed by atoms with E-state index in [1.165, 1.54) is 11.3 Å². The molecule has 0 fully saturated rings. The summed E-state index contributed by atoms with van der Waals surface area (Å²) in [6, 6.07) is 6.00. The van der Waals surface area contributed by atoms with Crippen molar-refractivity contribution in [3.05, 3.63) is 29.3 Å². The van der Waals surface area contributed by atoms with E-state index >= 15 is 0 Å². The van der Waals surface area contributed by atoms with E-state index in [0.29, 0.717) is 0 Å². The van der Waals surface area contributed by atoms with Gasteiger partial charge in [0.2, 0.25) is 0 Å². The van der Waals surface area contributed by atoms with E-state index in [0.717, 1.165) is 37.8 Å². The van der Waals surface area contributed by atoms with Crippen molar-refractivity contribution in [3.63, 3.8) is 0 Å². The van der Waals surface area contributed by atoms with E-state index in [1.807, 2.05) is 12.1 Å². The zero-order valence-electron chi connectivity index (χ0n) is 8.49. The van der Waals surface area contributed by atoms with Gasteiger partial charge in [-0.2, -0.15) is 0 Å². The van der Waals surface area contributed by atoms with Gasteiger partial charge in [-0.25, -0.2) is 0 Å². The Morgan fingerprint density at radius 1 is 1.50 bits per heavy atom. The number of anilines is 1. The summed E-state index contributed by atoms with van der Waals surface area (Å²) in [5, 5.41) is 0. The molecule has 0 bridgehead atoms. The fourth-order valence-electron chi connectivity index (χ4n) is 2.15. The normalized spacial score (nSPS) is 14.2. The molecule has 74 valence electrons. The van der Waals surface area contributed by atoms with E-state index in [2.05, 4.69) is 17.9 Å². The van der Waals surface area contributed by atoms with Gasteiger partial charge < -0.3 is 4.90 Å². The number of carbonyl (C=O) groups excluding carboxylic acids is 1. The molecule has 0 saturated carbocycles. The van der Waals surface area contributed by atoms with Crippen LogP contribution in [-0.4, -0.2) is 19.4 Å². The van der Waals surface area contributed by atoms with Crippen LogP contribution in [0.4, 0.5) is 5.69 Å². The largest absolute Gasteiger partial charge is 0.370 e. The highest BCUT2D eigenvalue weighted by molar-refractivity contribution is 5.87. The summed E-state index contributed by atoms with van der Waals surface area (Å²) in [6.07, 6.45) is 3.18. The highest BCUT2D eigenvalue weighted by Crippen LogP contribution is 2.30. The van der Waals surface area contributed by atoms with Crippen LogP contribution in [0.2, 0.25) is 0 Å². The Morgan fingerprint density at radius 3 is 3.07 bits per heavy atom. The number of rotatable bonds is 3. The third-order valence-electron chi connectivity index (χ3n) is 2.74. The third kappa shape index (κ3) is 1.41. The molecule has 2 nitrogen and oxygen atoms in total. The first-order valence-electron chi connectivity index (χ1n) is 5.19. The standard InChI is InChI=1S/C12H15NO/c1-2-7-13-8-6-10-4-3-5-11(9-14)12(10)13/h3-5,9H,2,6-8H2,1H3. The Morgan fingerprint density at radius 2 is 2.36 bits per heavy atom. The number of aldehydes is 1. The first-order chi connectivity index (χ1) is 6.86. The topological polar surface area (TPSA) is 20.3 Å². The Hall–Kier alpha value is -1.31. The fraction of sp³-hybridized carbons (Fsp3) is 0.417. The molecule has 1 aliphatic rings. The lowest BCUT2D eigenvalue weighted by molar-refractivity contribution is 0.112. The van der Waals surface area contributed by atoms with Crippen LogP contribution in [0.1, 0.15) is 29.3 Å². The van der Waals surface area contributed by atoms with E-state index in [1.54, 1.807) is 0 Å². The summed E-state index contributed by atoms with van der Waals surface area (Å²) in [6.45, 7) is 4.29. The minimum absolute atomic E-state index is 0.841. The molecule has 0 saturated heterocycles. The van der Waals surface area contributed by atoms with Crippen LogP contribution in [-0.2, 0) is 6.42 Å². The molecule has 0 atom stereocenters. The minimum atomic E-state index is 0.841. The predicted octanol–water partition coefficient (Wildman–Crippen LogP) is 2.27. The summed E-state index contributed by atoms with van der Waals surface area (Å²) >= 11 is 0. The fourth-order valence-corrected chi connectivity index (χ4v) is 2.15. The Labute approximate surface area is 84.5 Å². The number of carbonyl (C=O) groups is 1. The lowest BCUT2D eigenvalue weighted by Gasteiger charge is -2.19. The van der Waals surface area contributed by atoms with Gasteiger partial charge >= 0.3 is 0 Å². The number of para-hydroxylation sites is 1. The maximum Gasteiger partial charge on any atom is 0.152 e. The third-order valence-corrected chi connectivity index (χ3v) is 2.74. The van der Waals surface area contributed by atoms with Crippen LogP contribution in [0, 0.1) is 0 Å². The Balaban J connectivity index is 2.40. The maximum absolute atomic E-state index is 10.9. The van der Waals surface area contributed by atoms with Gasteiger partial charge in [-0.1, -0.05) is 19.1 Å².